The van der Waals surface area contributed by atoms with Crippen molar-refractivity contribution in [2.45, 2.75) is 24.9 Å². The average molecular weight is 318 g/mol. The molecule has 0 amide bonds. The molecule has 0 bridgehead atoms. The highest BCUT2D eigenvalue weighted by Crippen LogP contribution is 2.30. The Hall–Kier alpha value is -2.22. The SMILES string of the molecule is COC(=O)c1cccc(-c2cn([C@H]3C[C@H](O)[C@@H](CO)O3)cn2)c1. The van der Waals surface area contributed by atoms with Crippen molar-refractivity contribution in [1.29, 1.82) is 0 Å². The van der Waals surface area contributed by atoms with Gasteiger partial charge in [-0.2, -0.15) is 0 Å². The van der Waals surface area contributed by atoms with E-state index in [4.69, 9.17) is 14.6 Å². The Bertz CT molecular complexity index is 699. The molecule has 1 fully saturated rings. The lowest BCUT2D eigenvalue weighted by atomic mass is 10.1. The van der Waals surface area contributed by atoms with E-state index in [-0.39, 0.29) is 12.8 Å². The van der Waals surface area contributed by atoms with Gasteiger partial charge in [-0.05, 0) is 12.1 Å². The van der Waals surface area contributed by atoms with Gasteiger partial charge in [0.05, 0.1) is 37.4 Å². The maximum Gasteiger partial charge on any atom is 0.337 e. The lowest BCUT2D eigenvalue weighted by Crippen LogP contribution is -2.24. The van der Waals surface area contributed by atoms with Gasteiger partial charge in [0.2, 0.25) is 0 Å². The Morgan fingerprint density at radius 3 is 3.04 bits per heavy atom. The van der Waals surface area contributed by atoms with Crippen LogP contribution in [0.2, 0.25) is 0 Å². The Morgan fingerprint density at radius 2 is 2.35 bits per heavy atom. The number of carbonyl (C=O) groups is 1. The molecule has 0 aliphatic carbocycles. The highest BCUT2D eigenvalue weighted by Gasteiger charge is 2.34. The van der Waals surface area contributed by atoms with Crippen LogP contribution in [0.5, 0.6) is 0 Å². The van der Waals surface area contributed by atoms with Crippen molar-refractivity contribution < 1.29 is 24.5 Å². The molecule has 23 heavy (non-hydrogen) atoms. The third-order valence-corrected chi connectivity index (χ3v) is 3.90. The molecule has 0 spiro atoms. The second-order valence-electron chi connectivity index (χ2n) is 5.39. The molecular formula is C16H18N2O5. The van der Waals surface area contributed by atoms with Crippen LogP contribution in [0.25, 0.3) is 11.3 Å². The second kappa shape index (κ2) is 6.49. The largest absolute Gasteiger partial charge is 0.465 e. The molecule has 3 rings (SSSR count). The fourth-order valence-corrected chi connectivity index (χ4v) is 2.63. The number of aliphatic hydroxyl groups is 2. The molecule has 1 aliphatic heterocycles. The van der Waals surface area contributed by atoms with Gasteiger partial charge in [-0.1, -0.05) is 12.1 Å². The minimum absolute atomic E-state index is 0.222. The number of rotatable bonds is 4. The summed E-state index contributed by atoms with van der Waals surface area (Å²) < 4.78 is 12.0. The van der Waals surface area contributed by atoms with Crippen LogP contribution < -0.4 is 0 Å². The second-order valence-corrected chi connectivity index (χ2v) is 5.39. The lowest BCUT2D eigenvalue weighted by Gasteiger charge is -2.12. The Kier molecular flexibility index (Phi) is 4.42. The molecule has 7 nitrogen and oxygen atoms in total. The van der Waals surface area contributed by atoms with Gasteiger partial charge in [0.15, 0.2) is 0 Å². The fraction of sp³-hybridized carbons (Fsp3) is 0.375. The fourth-order valence-electron chi connectivity index (χ4n) is 2.63. The number of carbonyl (C=O) groups excluding carboxylic acids is 1. The number of hydrogen-bond donors (Lipinski definition) is 2. The molecular weight excluding hydrogens is 300 g/mol. The molecule has 0 unspecified atom stereocenters. The summed E-state index contributed by atoms with van der Waals surface area (Å²) in [5.74, 6) is -0.403. The zero-order valence-corrected chi connectivity index (χ0v) is 12.6. The highest BCUT2D eigenvalue weighted by molar-refractivity contribution is 5.90. The minimum Gasteiger partial charge on any atom is -0.465 e. The number of hydrogen-bond acceptors (Lipinski definition) is 6. The third kappa shape index (κ3) is 3.12. The first-order valence-electron chi connectivity index (χ1n) is 7.29. The zero-order valence-electron chi connectivity index (χ0n) is 12.6. The van der Waals surface area contributed by atoms with Crippen molar-refractivity contribution in [2.75, 3.05) is 13.7 Å². The molecule has 1 aromatic heterocycles. The summed E-state index contributed by atoms with van der Waals surface area (Å²) in [5, 5.41) is 18.9. The van der Waals surface area contributed by atoms with Crippen LogP contribution in [-0.2, 0) is 9.47 Å². The molecule has 1 aliphatic rings. The van der Waals surface area contributed by atoms with Crippen molar-refractivity contribution >= 4 is 5.97 Å². The third-order valence-electron chi connectivity index (χ3n) is 3.90. The molecule has 7 heteroatoms. The van der Waals surface area contributed by atoms with E-state index >= 15 is 0 Å². The van der Waals surface area contributed by atoms with Crippen LogP contribution in [0.1, 0.15) is 23.0 Å². The summed E-state index contributed by atoms with van der Waals surface area (Å²) >= 11 is 0. The summed E-state index contributed by atoms with van der Waals surface area (Å²) in [4.78, 5) is 15.9. The van der Waals surface area contributed by atoms with E-state index in [1.807, 2.05) is 6.07 Å². The first kappa shape index (κ1) is 15.7. The predicted molar refractivity (Wildman–Crippen MR) is 80.6 cm³/mol. The van der Waals surface area contributed by atoms with Crippen LogP contribution in [0.3, 0.4) is 0 Å². The van der Waals surface area contributed by atoms with Gasteiger partial charge in [0.25, 0.3) is 0 Å². The minimum atomic E-state index is -0.696. The lowest BCUT2D eigenvalue weighted by molar-refractivity contribution is -0.0443. The molecule has 0 radical (unpaired) electrons. The van der Waals surface area contributed by atoms with Gasteiger partial charge in [0, 0.05) is 18.2 Å². The van der Waals surface area contributed by atoms with E-state index in [1.54, 1.807) is 35.3 Å². The van der Waals surface area contributed by atoms with E-state index in [2.05, 4.69) is 4.98 Å². The molecule has 2 heterocycles. The Balaban J connectivity index is 1.81. The summed E-state index contributed by atoms with van der Waals surface area (Å²) in [6, 6.07) is 6.99. The number of imidazole rings is 1. The predicted octanol–water partition coefficient (Wildman–Crippen LogP) is 0.977. The molecule has 1 saturated heterocycles. The number of aliphatic hydroxyl groups excluding tert-OH is 2. The van der Waals surface area contributed by atoms with Crippen molar-refractivity contribution in [3.05, 3.63) is 42.4 Å². The van der Waals surface area contributed by atoms with Crippen molar-refractivity contribution in [3.8, 4) is 11.3 Å². The number of methoxy groups -OCH3 is 1. The van der Waals surface area contributed by atoms with E-state index in [0.29, 0.717) is 17.7 Å². The molecule has 3 atom stereocenters. The van der Waals surface area contributed by atoms with E-state index < -0.39 is 18.2 Å². The van der Waals surface area contributed by atoms with Crippen LogP contribution in [0.15, 0.2) is 36.8 Å². The van der Waals surface area contributed by atoms with Crippen molar-refractivity contribution in [3.63, 3.8) is 0 Å². The monoisotopic (exact) mass is 318 g/mol. The summed E-state index contributed by atoms with van der Waals surface area (Å²) in [6.07, 6.45) is 2.15. The first-order valence-corrected chi connectivity index (χ1v) is 7.29. The first-order chi connectivity index (χ1) is 11.1. The van der Waals surface area contributed by atoms with Gasteiger partial charge in [0.1, 0.15) is 12.3 Å². The van der Waals surface area contributed by atoms with Gasteiger partial charge in [-0.15, -0.1) is 0 Å². The van der Waals surface area contributed by atoms with Crippen molar-refractivity contribution in [1.82, 2.24) is 9.55 Å². The Labute approximate surface area is 133 Å². The van der Waals surface area contributed by atoms with Gasteiger partial charge >= 0.3 is 5.97 Å². The standard InChI is InChI=1S/C16H18N2O5/c1-22-16(21)11-4-2-3-10(5-11)12-7-18(9-17-12)15-6-13(20)14(8-19)23-15/h2-5,7,9,13-15,19-20H,6,8H2,1H3/t13-,14+,15+/m0/s1. The van der Waals surface area contributed by atoms with Gasteiger partial charge < -0.3 is 24.3 Å². The van der Waals surface area contributed by atoms with Crippen LogP contribution in [0.4, 0.5) is 0 Å². The van der Waals surface area contributed by atoms with Gasteiger partial charge in [-0.3, -0.25) is 0 Å². The summed E-state index contributed by atoms with van der Waals surface area (Å²) in [7, 11) is 1.34. The van der Waals surface area contributed by atoms with E-state index in [1.165, 1.54) is 7.11 Å². The van der Waals surface area contributed by atoms with E-state index in [9.17, 15) is 9.90 Å². The summed E-state index contributed by atoms with van der Waals surface area (Å²) in [6.45, 7) is -0.222. The number of nitrogens with zero attached hydrogens (tertiary/aromatic N) is 2. The van der Waals surface area contributed by atoms with Crippen molar-refractivity contribution in [2.24, 2.45) is 0 Å². The summed E-state index contributed by atoms with van der Waals surface area (Å²) in [5.41, 5.74) is 1.91. The molecule has 1 aromatic carbocycles. The topological polar surface area (TPSA) is 93.8 Å². The van der Waals surface area contributed by atoms with Crippen LogP contribution in [0, 0.1) is 0 Å². The van der Waals surface area contributed by atoms with Crippen LogP contribution >= 0.6 is 0 Å². The Morgan fingerprint density at radius 1 is 1.52 bits per heavy atom. The smallest absolute Gasteiger partial charge is 0.337 e. The quantitative estimate of drug-likeness (QED) is 0.816. The van der Waals surface area contributed by atoms with Crippen LogP contribution in [-0.4, -0.2) is 51.7 Å². The molecule has 2 aromatic rings. The molecule has 0 saturated carbocycles. The number of aromatic nitrogens is 2. The normalized spacial score (nSPS) is 23.9. The number of ether oxygens (including phenoxy) is 2. The number of esters is 1. The zero-order chi connectivity index (χ0) is 16.4. The highest BCUT2D eigenvalue weighted by atomic mass is 16.5. The number of benzene rings is 1. The molecule has 2 N–H and O–H groups in total. The average Bonchev–Trinajstić information content (AvgIpc) is 3.20. The maximum absolute atomic E-state index is 11.6. The van der Waals surface area contributed by atoms with Gasteiger partial charge in [-0.25, -0.2) is 9.78 Å². The molecule has 122 valence electrons. The van der Waals surface area contributed by atoms with E-state index in [0.717, 1.165) is 5.56 Å². The maximum atomic E-state index is 11.6.